The van der Waals surface area contributed by atoms with Gasteiger partial charge in [0, 0.05) is 32.6 Å². The molecule has 3 nitrogen and oxygen atoms in total. The van der Waals surface area contributed by atoms with Crippen LogP contribution in [-0.4, -0.2) is 22.8 Å². The molecule has 2 rings (SSSR count). The van der Waals surface area contributed by atoms with Crippen molar-refractivity contribution in [1.82, 2.24) is 9.88 Å². The van der Waals surface area contributed by atoms with E-state index in [4.69, 9.17) is 8.22 Å². The molecular formula is C10H12N2O. The molecule has 3 heteroatoms. The molecule has 13 heavy (non-hydrogen) atoms. The van der Waals surface area contributed by atoms with Gasteiger partial charge in [0.1, 0.15) is 0 Å². The summed E-state index contributed by atoms with van der Waals surface area (Å²) >= 11 is 0. The fraction of sp³-hybridized carbons (Fsp3) is 0.400. The van der Waals surface area contributed by atoms with E-state index in [-0.39, 0.29) is 5.56 Å². The minimum Gasteiger partial charge on any atom is -0.339 e. The third kappa shape index (κ3) is 1.41. The number of likely N-dealkylation sites (tertiary alicyclic amines) is 1. The first-order valence-electron chi connectivity index (χ1n) is 6.84. The summed E-state index contributed by atoms with van der Waals surface area (Å²) in [5.74, 6) is -0.899. The molecule has 1 fully saturated rings. The van der Waals surface area contributed by atoms with Crippen LogP contribution in [0.3, 0.4) is 0 Å². The molecule has 1 aliphatic rings. The van der Waals surface area contributed by atoms with Gasteiger partial charge in [-0.25, -0.2) is 0 Å². The first kappa shape index (κ1) is 3.78. The van der Waals surface area contributed by atoms with Gasteiger partial charge < -0.3 is 4.90 Å². The van der Waals surface area contributed by atoms with Gasteiger partial charge in [-0.15, -0.1) is 0 Å². The zero-order valence-corrected chi connectivity index (χ0v) is 6.82. The van der Waals surface area contributed by atoms with Crippen LogP contribution in [0, 0.1) is 0 Å². The van der Waals surface area contributed by atoms with Crippen LogP contribution in [0.15, 0.2) is 24.5 Å². The third-order valence-electron chi connectivity index (χ3n) is 1.82. The number of aromatic nitrogens is 1. The van der Waals surface area contributed by atoms with Crippen molar-refractivity contribution in [3.05, 3.63) is 30.1 Å². The van der Waals surface area contributed by atoms with Crippen molar-refractivity contribution in [1.29, 1.82) is 0 Å². The Morgan fingerprint density at radius 1 is 1.92 bits per heavy atom. The number of rotatable bonds is 1. The van der Waals surface area contributed by atoms with Crippen molar-refractivity contribution < 1.29 is 13.0 Å². The Bertz CT molecular complexity index is 502. The number of carbonyl (C=O) groups excluding carboxylic acids is 1. The summed E-state index contributed by atoms with van der Waals surface area (Å²) in [6, 6.07) is 0.570. The number of nitrogens with zero attached hydrogens (tertiary/aromatic N) is 2. The van der Waals surface area contributed by atoms with Gasteiger partial charge in [-0.1, -0.05) is 6.07 Å². The average molecular weight is 182 g/mol. The van der Waals surface area contributed by atoms with Crippen LogP contribution in [0.2, 0.25) is 0 Å². The van der Waals surface area contributed by atoms with E-state index in [1.54, 1.807) is 0 Å². The highest BCUT2D eigenvalue weighted by Gasteiger charge is 2.28. The summed E-state index contributed by atoms with van der Waals surface area (Å²) in [7, 11) is 0. The Labute approximate surface area is 85.8 Å². The van der Waals surface area contributed by atoms with Gasteiger partial charge >= 0.3 is 0 Å². The quantitative estimate of drug-likeness (QED) is 0.657. The predicted molar refractivity (Wildman–Crippen MR) is 49.0 cm³/mol. The number of amides is 1. The van der Waals surface area contributed by atoms with Crippen LogP contribution >= 0.6 is 0 Å². The lowest BCUT2D eigenvalue weighted by molar-refractivity contribution is -0.127. The number of hydrogen-bond acceptors (Lipinski definition) is 2. The van der Waals surface area contributed by atoms with Crippen LogP contribution in [0.25, 0.3) is 0 Å². The van der Waals surface area contributed by atoms with Gasteiger partial charge in [0.2, 0.25) is 5.91 Å². The molecule has 1 aromatic rings. The van der Waals surface area contributed by atoms with E-state index in [0.717, 1.165) is 0 Å². The summed E-state index contributed by atoms with van der Waals surface area (Å²) in [6.45, 7) is -2.88. The van der Waals surface area contributed by atoms with Crippen molar-refractivity contribution in [2.24, 2.45) is 0 Å². The monoisotopic (exact) mass is 182 g/mol. The molecule has 2 heterocycles. The zero-order valence-electron chi connectivity index (χ0n) is 12.8. The Kier molecular flexibility index (Phi) is 0.920. The summed E-state index contributed by atoms with van der Waals surface area (Å²) in [5.41, 5.74) is 0.0435. The Morgan fingerprint density at radius 3 is 3.54 bits per heavy atom. The fourth-order valence-electron chi connectivity index (χ4n) is 1.18. The highest BCUT2D eigenvalue weighted by Crippen LogP contribution is 2.30. The Morgan fingerprint density at radius 2 is 2.85 bits per heavy atom. The molecule has 0 spiro atoms. The lowest BCUT2D eigenvalue weighted by Crippen LogP contribution is -2.22. The van der Waals surface area contributed by atoms with Crippen LogP contribution in [0.4, 0.5) is 0 Å². The number of carbonyl (C=O) groups is 1. The molecule has 0 aromatic carbocycles. The van der Waals surface area contributed by atoms with Crippen molar-refractivity contribution in [3.63, 3.8) is 0 Å². The topological polar surface area (TPSA) is 33.2 Å². The lowest BCUT2D eigenvalue weighted by atomic mass is 10.1. The van der Waals surface area contributed by atoms with Crippen molar-refractivity contribution >= 4 is 5.91 Å². The molecule has 0 radical (unpaired) electrons. The standard InChI is InChI=1S/C10H12N2O/c1-12-9(4-5-10(12)13)8-3-2-6-11-7-8/h2-3,6-7,9H,4-5H2,1H3/t9-/m0/s1/i1D3,4D2,9D. The molecule has 0 N–H and O–H groups in total. The highest BCUT2D eigenvalue weighted by molar-refractivity contribution is 5.78. The molecule has 0 saturated carbocycles. The van der Waals surface area contributed by atoms with E-state index in [1.807, 2.05) is 0 Å². The van der Waals surface area contributed by atoms with E-state index in [9.17, 15) is 4.79 Å². The SMILES string of the molecule is [2H]C([2H])([2H])N1C(=O)CC([2H])([2H])[C@@]1([2H])c1cccnc1. The molecule has 1 saturated heterocycles. The minimum absolute atomic E-state index is 0.0435. The summed E-state index contributed by atoms with van der Waals surface area (Å²) < 4.78 is 46.1. The van der Waals surface area contributed by atoms with E-state index < -0.39 is 31.7 Å². The summed E-state index contributed by atoms with van der Waals surface area (Å²) in [5, 5.41) is 0. The van der Waals surface area contributed by atoms with E-state index in [2.05, 4.69) is 4.98 Å². The Hall–Kier alpha value is -1.38. The van der Waals surface area contributed by atoms with Crippen molar-refractivity contribution in [3.8, 4) is 0 Å². The van der Waals surface area contributed by atoms with Gasteiger partial charge in [-0.05, 0) is 18.0 Å². The van der Waals surface area contributed by atoms with E-state index in [0.29, 0.717) is 4.90 Å². The second kappa shape index (κ2) is 3.17. The molecule has 68 valence electrons. The van der Waals surface area contributed by atoms with Crippen LogP contribution in [0.5, 0.6) is 0 Å². The predicted octanol–water partition coefficient (Wildman–Crippen LogP) is 1.37. The molecule has 0 unspecified atom stereocenters. The highest BCUT2D eigenvalue weighted by atomic mass is 16.2. The van der Waals surface area contributed by atoms with Crippen LogP contribution < -0.4 is 0 Å². The largest absolute Gasteiger partial charge is 0.339 e. The van der Waals surface area contributed by atoms with Gasteiger partial charge in [0.05, 0.1) is 7.39 Å². The Balaban J connectivity index is 2.64. The molecule has 0 bridgehead atoms. The lowest BCUT2D eigenvalue weighted by Gasteiger charge is -2.19. The maximum absolute atomic E-state index is 11.8. The zero-order chi connectivity index (χ0) is 14.5. The van der Waals surface area contributed by atoms with Gasteiger partial charge in [0.15, 0.2) is 0 Å². The maximum atomic E-state index is 11.8. The normalized spacial score (nSPS) is 39.7. The third-order valence-corrected chi connectivity index (χ3v) is 1.82. The first-order valence-corrected chi connectivity index (χ1v) is 3.84. The molecule has 1 atom stereocenters. The molecular weight excluding hydrogens is 164 g/mol. The number of pyridine rings is 1. The van der Waals surface area contributed by atoms with Crippen molar-refractivity contribution in [2.45, 2.75) is 18.8 Å². The fourth-order valence-corrected chi connectivity index (χ4v) is 1.18. The first-order chi connectivity index (χ1) is 8.61. The smallest absolute Gasteiger partial charge is 0.222 e. The van der Waals surface area contributed by atoms with E-state index in [1.165, 1.54) is 24.5 Å². The average Bonchev–Trinajstić information content (AvgIpc) is 2.45. The summed E-state index contributed by atoms with van der Waals surface area (Å²) in [4.78, 5) is 15.9. The second-order valence-corrected chi connectivity index (χ2v) is 2.67. The van der Waals surface area contributed by atoms with Gasteiger partial charge in [-0.3, -0.25) is 9.78 Å². The molecule has 1 aromatic heterocycles. The van der Waals surface area contributed by atoms with E-state index >= 15 is 0 Å². The minimum atomic E-state index is -2.88. The van der Waals surface area contributed by atoms with Gasteiger partial charge in [0.25, 0.3) is 0 Å². The number of hydrogen-bond donors (Lipinski definition) is 0. The van der Waals surface area contributed by atoms with Crippen molar-refractivity contribution in [2.75, 3.05) is 6.98 Å². The second-order valence-electron chi connectivity index (χ2n) is 2.67. The molecule has 0 aliphatic carbocycles. The summed E-state index contributed by atoms with van der Waals surface area (Å²) in [6.07, 6.45) is -0.299. The van der Waals surface area contributed by atoms with Gasteiger partial charge in [-0.2, -0.15) is 0 Å². The van der Waals surface area contributed by atoms with Crippen LogP contribution in [-0.2, 0) is 4.79 Å². The molecule has 1 amide bonds. The maximum Gasteiger partial charge on any atom is 0.222 e. The van der Waals surface area contributed by atoms with Crippen LogP contribution in [0.1, 0.15) is 32.6 Å². The molecule has 1 aliphatic heterocycles.